The zero-order valence-electron chi connectivity index (χ0n) is 15.8. The molecule has 3 N–H and O–H groups in total. The number of allylic oxidation sites excluding steroid dienone is 1. The molecular weight excluding hydrogens is 386 g/mol. The molecule has 0 aromatic carbocycles. The van der Waals surface area contributed by atoms with Crippen LogP contribution in [0.3, 0.4) is 0 Å². The molecule has 0 radical (unpaired) electrons. The van der Waals surface area contributed by atoms with Crippen LogP contribution in [-0.4, -0.2) is 43.6 Å². The third-order valence-corrected chi connectivity index (χ3v) is 6.00. The fraction of sp³-hybridized carbons (Fsp3) is 0.500. The first-order valence-electron chi connectivity index (χ1n) is 8.80. The summed E-state index contributed by atoms with van der Waals surface area (Å²) in [5.41, 5.74) is 5.03. The fourth-order valence-corrected chi connectivity index (χ4v) is 4.50. The van der Waals surface area contributed by atoms with Gasteiger partial charge in [0.25, 0.3) is 12.3 Å². The molecule has 7 nitrogen and oxygen atoms in total. The smallest absolute Gasteiger partial charge is 0.281 e. The first kappa shape index (κ1) is 20.4. The molecule has 150 valence electrons. The Bertz CT molecular complexity index is 856. The van der Waals surface area contributed by atoms with E-state index in [4.69, 9.17) is 5.73 Å². The van der Waals surface area contributed by atoms with Crippen molar-refractivity contribution in [2.75, 3.05) is 0 Å². The number of carbonyl (C=O) groups excluding carboxylic acids is 1. The van der Waals surface area contributed by atoms with Crippen molar-refractivity contribution in [2.45, 2.75) is 56.4 Å². The van der Waals surface area contributed by atoms with Crippen molar-refractivity contribution >= 4 is 29.1 Å². The number of carbonyl (C=O) groups is 1. The van der Waals surface area contributed by atoms with E-state index >= 15 is 0 Å². The summed E-state index contributed by atoms with van der Waals surface area (Å²) in [4.78, 5) is 29.1. The summed E-state index contributed by atoms with van der Waals surface area (Å²) in [5, 5.41) is 3.62. The highest BCUT2D eigenvalue weighted by Gasteiger charge is 2.48. The van der Waals surface area contributed by atoms with Crippen molar-refractivity contribution in [3.8, 4) is 0 Å². The van der Waals surface area contributed by atoms with Crippen LogP contribution < -0.4 is 11.1 Å². The molecule has 28 heavy (non-hydrogen) atoms. The SMILES string of the molecule is C[C@@H]1C[C@@](C)(C2(C)CC(NC(=O)c3cnc(C(F)F)cn3)=CC=N2)N=C(N)S1. The number of dihydropyridines is 1. The Kier molecular flexibility index (Phi) is 5.51. The molecule has 3 atom stereocenters. The number of nitrogens with two attached hydrogens (primary N) is 1. The van der Waals surface area contributed by atoms with Gasteiger partial charge in [0.1, 0.15) is 11.4 Å². The van der Waals surface area contributed by atoms with Crippen molar-refractivity contribution in [1.29, 1.82) is 0 Å². The first-order chi connectivity index (χ1) is 13.1. The highest BCUT2D eigenvalue weighted by Crippen LogP contribution is 2.44. The molecule has 2 aliphatic heterocycles. The number of amides is 1. The third kappa shape index (κ3) is 4.06. The lowest BCUT2D eigenvalue weighted by Gasteiger charge is -2.45. The van der Waals surface area contributed by atoms with Crippen LogP contribution in [0.25, 0.3) is 0 Å². The average Bonchev–Trinajstić information content (AvgIpc) is 2.60. The molecule has 1 unspecified atom stereocenters. The summed E-state index contributed by atoms with van der Waals surface area (Å²) in [6.45, 7) is 6.10. The fourth-order valence-electron chi connectivity index (χ4n) is 3.42. The lowest BCUT2D eigenvalue weighted by molar-refractivity contribution is 0.0954. The largest absolute Gasteiger partial charge is 0.379 e. The van der Waals surface area contributed by atoms with Gasteiger partial charge in [-0.25, -0.2) is 13.8 Å². The second-order valence-corrected chi connectivity index (χ2v) is 8.82. The molecule has 0 spiro atoms. The monoisotopic (exact) mass is 408 g/mol. The minimum atomic E-state index is -2.73. The minimum Gasteiger partial charge on any atom is -0.379 e. The molecule has 1 amide bonds. The first-order valence-corrected chi connectivity index (χ1v) is 9.68. The molecule has 0 saturated carbocycles. The summed E-state index contributed by atoms with van der Waals surface area (Å²) < 4.78 is 25.2. The van der Waals surface area contributed by atoms with Crippen molar-refractivity contribution in [3.63, 3.8) is 0 Å². The van der Waals surface area contributed by atoms with Crippen LogP contribution in [0.5, 0.6) is 0 Å². The van der Waals surface area contributed by atoms with Gasteiger partial charge < -0.3 is 11.1 Å². The lowest BCUT2D eigenvalue weighted by atomic mass is 9.73. The van der Waals surface area contributed by atoms with E-state index < -0.39 is 29.1 Å². The van der Waals surface area contributed by atoms with Gasteiger partial charge in [0.05, 0.1) is 23.5 Å². The molecule has 0 bridgehead atoms. The average molecular weight is 408 g/mol. The van der Waals surface area contributed by atoms with Gasteiger partial charge in [-0.05, 0) is 26.3 Å². The van der Waals surface area contributed by atoms with Gasteiger partial charge in [0.15, 0.2) is 5.17 Å². The highest BCUT2D eigenvalue weighted by atomic mass is 32.2. The summed E-state index contributed by atoms with van der Waals surface area (Å²) >= 11 is 1.54. The zero-order valence-corrected chi connectivity index (χ0v) is 16.6. The standard InChI is InChI=1S/C18H22F2N6OS/c1-10-6-18(3,26-16(21)28-10)17(2)7-11(4-5-24-17)25-15(27)13-9-22-12(8-23-13)14(19)20/h4-5,8-10,14H,6-7H2,1-3H3,(H2,21,26)(H,25,27)/t10-,17?,18+/m1/s1. The van der Waals surface area contributed by atoms with Crippen LogP contribution in [0.15, 0.2) is 34.2 Å². The molecule has 0 aliphatic carbocycles. The number of thioether (sulfide) groups is 1. The summed E-state index contributed by atoms with van der Waals surface area (Å²) in [6, 6.07) is 0. The number of aromatic nitrogens is 2. The summed E-state index contributed by atoms with van der Waals surface area (Å²) in [6.07, 6.45) is 3.81. The minimum absolute atomic E-state index is 0.0364. The number of nitrogens with one attached hydrogen (secondary N) is 1. The van der Waals surface area contributed by atoms with Gasteiger partial charge in [-0.3, -0.25) is 19.8 Å². The van der Waals surface area contributed by atoms with Gasteiger partial charge in [-0.15, -0.1) is 0 Å². The molecular formula is C18H22F2N6OS. The number of hydrogen-bond donors (Lipinski definition) is 2. The predicted molar refractivity (Wildman–Crippen MR) is 106 cm³/mol. The van der Waals surface area contributed by atoms with E-state index in [1.54, 1.807) is 24.1 Å². The Hall–Kier alpha value is -2.36. The zero-order chi connectivity index (χ0) is 20.5. The topological polar surface area (TPSA) is 106 Å². The van der Waals surface area contributed by atoms with Gasteiger partial charge in [0, 0.05) is 23.6 Å². The van der Waals surface area contributed by atoms with E-state index in [1.165, 1.54) is 0 Å². The van der Waals surface area contributed by atoms with Gasteiger partial charge >= 0.3 is 0 Å². The van der Waals surface area contributed by atoms with E-state index in [-0.39, 0.29) is 5.69 Å². The van der Waals surface area contributed by atoms with Gasteiger partial charge in [-0.1, -0.05) is 18.7 Å². The van der Waals surface area contributed by atoms with Crippen LogP contribution in [0.4, 0.5) is 8.78 Å². The van der Waals surface area contributed by atoms with E-state index in [0.29, 0.717) is 22.5 Å². The number of aliphatic imine (C=N–C) groups is 2. The number of amidine groups is 1. The van der Waals surface area contributed by atoms with Crippen LogP contribution in [0, 0.1) is 0 Å². The maximum atomic E-state index is 12.6. The van der Waals surface area contributed by atoms with Crippen molar-refractivity contribution in [3.05, 3.63) is 35.6 Å². The quantitative estimate of drug-likeness (QED) is 0.797. The Balaban J connectivity index is 1.74. The lowest BCUT2D eigenvalue weighted by Crippen LogP contribution is -2.53. The van der Waals surface area contributed by atoms with Gasteiger partial charge in [0.2, 0.25) is 0 Å². The molecule has 0 fully saturated rings. The molecule has 2 aliphatic rings. The molecule has 1 aromatic heterocycles. The predicted octanol–water partition coefficient (Wildman–Crippen LogP) is 2.86. The van der Waals surface area contributed by atoms with Crippen molar-refractivity contribution < 1.29 is 13.6 Å². The maximum Gasteiger partial charge on any atom is 0.281 e. The molecule has 10 heteroatoms. The summed E-state index contributed by atoms with van der Waals surface area (Å²) in [5.74, 6) is -0.516. The van der Waals surface area contributed by atoms with Crippen molar-refractivity contribution in [1.82, 2.24) is 15.3 Å². The molecule has 3 heterocycles. The van der Waals surface area contributed by atoms with E-state index in [1.807, 2.05) is 13.8 Å². The molecule has 3 rings (SSSR count). The van der Waals surface area contributed by atoms with Crippen LogP contribution in [0.2, 0.25) is 0 Å². The number of alkyl halides is 2. The van der Waals surface area contributed by atoms with E-state index in [2.05, 4.69) is 32.2 Å². The van der Waals surface area contributed by atoms with Gasteiger partial charge in [-0.2, -0.15) is 0 Å². The highest BCUT2D eigenvalue weighted by molar-refractivity contribution is 8.14. The Labute approximate surface area is 166 Å². The van der Waals surface area contributed by atoms with E-state index in [0.717, 1.165) is 18.8 Å². The van der Waals surface area contributed by atoms with Crippen molar-refractivity contribution in [2.24, 2.45) is 15.7 Å². The number of halogens is 2. The third-order valence-electron chi connectivity index (χ3n) is 5.10. The summed E-state index contributed by atoms with van der Waals surface area (Å²) in [7, 11) is 0. The Morgan fingerprint density at radius 2 is 2.07 bits per heavy atom. The maximum absolute atomic E-state index is 12.6. The van der Waals surface area contributed by atoms with Crippen LogP contribution >= 0.6 is 11.8 Å². The molecule has 1 aromatic rings. The normalized spacial score (nSPS) is 30.0. The molecule has 0 saturated heterocycles. The second-order valence-electron chi connectivity index (χ2n) is 7.36. The number of hydrogen-bond acceptors (Lipinski definition) is 7. The van der Waals surface area contributed by atoms with E-state index in [9.17, 15) is 13.6 Å². The second kappa shape index (κ2) is 7.57. The Morgan fingerprint density at radius 1 is 1.32 bits per heavy atom. The Morgan fingerprint density at radius 3 is 2.68 bits per heavy atom. The number of rotatable bonds is 4. The van der Waals surface area contributed by atoms with Crippen LogP contribution in [0.1, 0.15) is 56.2 Å². The van der Waals surface area contributed by atoms with Crippen LogP contribution in [-0.2, 0) is 0 Å². The number of nitrogens with zero attached hydrogens (tertiary/aromatic N) is 4.